The molecule has 148 valence electrons. The van der Waals surface area contributed by atoms with Crippen LogP contribution in [0.25, 0.3) is 0 Å². The van der Waals surface area contributed by atoms with E-state index in [1.807, 2.05) is 46.6 Å². The van der Waals surface area contributed by atoms with Crippen LogP contribution in [0.4, 0.5) is 22.2 Å². The van der Waals surface area contributed by atoms with Gasteiger partial charge in [0.15, 0.2) is 5.82 Å². The van der Waals surface area contributed by atoms with Crippen molar-refractivity contribution in [3.63, 3.8) is 0 Å². The van der Waals surface area contributed by atoms with E-state index >= 15 is 0 Å². The Bertz CT molecular complexity index is 754. The highest BCUT2D eigenvalue weighted by molar-refractivity contribution is 6.03. The zero-order valence-electron chi connectivity index (χ0n) is 16.7. The predicted molar refractivity (Wildman–Crippen MR) is 103 cm³/mol. The first-order valence-electron chi connectivity index (χ1n) is 9.22. The number of aryl methyl sites for hydroxylation is 1. The highest BCUT2D eigenvalue weighted by atomic mass is 16.6. The fourth-order valence-electron chi connectivity index (χ4n) is 3.12. The van der Waals surface area contributed by atoms with Crippen molar-refractivity contribution in [2.24, 2.45) is 0 Å². The van der Waals surface area contributed by atoms with Gasteiger partial charge in [0.1, 0.15) is 17.3 Å². The highest BCUT2D eigenvalue weighted by Gasteiger charge is 2.34. The molecule has 9 heteroatoms. The number of carbonyl (C=O) groups excluding carboxylic acids is 2. The normalized spacial score (nSPS) is 24.4. The molecule has 9 nitrogen and oxygen atoms in total. The number of alkyl carbamates (subject to hydrolysis) is 1. The van der Waals surface area contributed by atoms with E-state index in [1.165, 1.54) is 0 Å². The van der Waals surface area contributed by atoms with Gasteiger partial charge in [-0.25, -0.2) is 9.78 Å². The molecule has 3 N–H and O–H groups in total. The molecule has 0 unspecified atom stereocenters. The fraction of sp³-hybridized carbons (Fsp3) is 0.667. The molecular formula is C18H28N6O3. The Morgan fingerprint density at radius 1 is 1.26 bits per heavy atom. The summed E-state index contributed by atoms with van der Waals surface area (Å²) in [7, 11) is 1.85. The SMILES string of the molecule is Cc1nc(NC2CC(NC(=O)OC(C)(C)C)C2)nc2c1NC(=O)[C@H](C)N2C. The van der Waals surface area contributed by atoms with Gasteiger partial charge in [-0.15, -0.1) is 0 Å². The summed E-state index contributed by atoms with van der Waals surface area (Å²) >= 11 is 0. The Labute approximate surface area is 159 Å². The molecule has 0 saturated heterocycles. The topological polar surface area (TPSA) is 108 Å². The minimum atomic E-state index is -0.501. The Kier molecular flexibility index (Phi) is 4.88. The molecule has 1 aliphatic carbocycles. The summed E-state index contributed by atoms with van der Waals surface area (Å²) in [6, 6.07) is -0.0212. The molecule has 1 aromatic rings. The zero-order valence-corrected chi connectivity index (χ0v) is 16.7. The number of likely N-dealkylation sites (N-methyl/N-ethyl adjacent to an activating group) is 1. The number of fused-ring (bicyclic) bond motifs is 1. The monoisotopic (exact) mass is 376 g/mol. The second kappa shape index (κ2) is 6.86. The Hall–Kier alpha value is -2.58. The van der Waals surface area contributed by atoms with Crippen LogP contribution in [0.5, 0.6) is 0 Å². The first kappa shape index (κ1) is 19.2. The maximum Gasteiger partial charge on any atom is 0.407 e. The molecule has 0 radical (unpaired) electrons. The minimum absolute atomic E-state index is 0.0625. The van der Waals surface area contributed by atoms with Crippen molar-refractivity contribution in [3.05, 3.63) is 5.69 Å². The number of nitrogens with zero attached hydrogens (tertiary/aromatic N) is 3. The number of ether oxygens (including phenoxy) is 1. The van der Waals surface area contributed by atoms with Gasteiger partial charge in [-0.1, -0.05) is 0 Å². The molecule has 1 fully saturated rings. The Morgan fingerprint density at radius 2 is 1.93 bits per heavy atom. The van der Waals surface area contributed by atoms with E-state index in [9.17, 15) is 9.59 Å². The molecule has 27 heavy (non-hydrogen) atoms. The van der Waals surface area contributed by atoms with Crippen molar-refractivity contribution in [1.29, 1.82) is 0 Å². The molecule has 2 aliphatic rings. The van der Waals surface area contributed by atoms with E-state index in [4.69, 9.17) is 4.74 Å². The summed E-state index contributed by atoms with van der Waals surface area (Å²) in [5.74, 6) is 1.18. The molecule has 1 aromatic heterocycles. The maximum atomic E-state index is 12.0. The van der Waals surface area contributed by atoms with Crippen LogP contribution in [-0.4, -0.2) is 52.7 Å². The summed E-state index contributed by atoms with van der Waals surface area (Å²) in [5, 5.41) is 9.05. The predicted octanol–water partition coefficient (Wildman–Crippen LogP) is 2.03. The van der Waals surface area contributed by atoms with E-state index in [-0.39, 0.29) is 24.0 Å². The Morgan fingerprint density at radius 3 is 2.56 bits per heavy atom. The van der Waals surface area contributed by atoms with Crippen molar-refractivity contribution in [2.45, 2.75) is 71.2 Å². The molecule has 1 saturated carbocycles. The average molecular weight is 376 g/mol. The molecule has 1 atom stereocenters. The van der Waals surface area contributed by atoms with Crippen molar-refractivity contribution < 1.29 is 14.3 Å². The van der Waals surface area contributed by atoms with Gasteiger partial charge in [0.05, 0.1) is 5.69 Å². The van der Waals surface area contributed by atoms with Gasteiger partial charge in [-0.2, -0.15) is 4.98 Å². The van der Waals surface area contributed by atoms with Gasteiger partial charge in [0.2, 0.25) is 11.9 Å². The maximum absolute atomic E-state index is 12.0. The second-order valence-corrected chi connectivity index (χ2v) is 8.26. The van der Waals surface area contributed by atoms with Crippen molar-refractivity contribution in [1.82, 2.24) is 15.3 Å². The highest BCUT2D eigenvalue weighted by Crippen LogP contribution is 2.33. The number of carbonyl (C=O) groups is 2. The van der Waals surface area contributed by atoms with Gasteiger partial charge in [-0.05, 0) is 47.5 Å². The van der Waals surface area contributed by atoms with Crippen LogP contribution in [0.15, 0.2) is 0 Å². The largest absolute Gasteiger partial charge is 0.444 e. The molecular weight excluding hydrogens is 348 g/mol. The number of anilines is 3. The van der Waals surface area contributed by atoms with Crippen LogP contribution < -0.4 is 20.9 Å². The third kappa shape index (κ3) is 4.23. The van der Waals surface area contributed by atoms with E-state index < -0.39 is 11.7 Å². The van der Waals surface area contributed by atoms with Crippen molar-refractivity contribution in [3.8, 4) is 0 Å². The number of nitrogens with one attached hydrogen (secondary N) is 3. The van der Waals surface area contributed by atoms with Crippen LogP contribution in [0.3, 0.4) is 0 Å². The molecule has 0 spiro atoms. The summed E-state index contributed by atoms with van der Waals surface area (Å²) < 4.78 is 5.27. The number of hydrogen-bond donors (Lipinski definition) is 3. The van der Waals surface area contributed by atoms with E-state index in [0.29, 0.717) is 17.5 Å². The van der Waals surface area contributed by atoms with E-state index in [2.05, 4.69) is 25.9 Å². The summed E-state index contributed by atoms with van der Waals surface area (Å²) in [6.07, 6.45) is 1.17. The first-order chi connectivity index (χ1) is 12.5. The molecule has 2 amide bonds. The third-order valence-corrected chi connectivity index (χ3v) is 4.81. The van der Waals surface area contributed by atoms with Crippen molar-refractivity contribution >= 4 is 29.5 Å². The van der Waals surface area contributed by atoms with Crippen LogP contribution in [0.2, 0.25) is 0 Å². The average Bonchev–Trinajstić information content (AvgIpc) is 2.50. The molecule has 1 aliphatic heterocycles. The second-order valence-electron chi connectivity index (χ2n) is 8.26. The summed E-state index contributed by atoms with van der Waals surface area (Å²) in [6.45, 7) is 9.21. The lowest BCUT2D eigenvalue weighted by Crippen LogP contribution is -2.51. The van der Waals surface area contributed by atoms with Gasteiger partial charge >= 0.3 is 6.09 Å². The van der Waals surface area contributed by atoms with Crippen LogP contribution >= 0.6 is 0 Å². The molecule has 0 bridgehead atoms. The van der Waals surface area contributed by atoms with Crippen molar-refractivity contribution in [2.75, 3.05) is 22.6 Å². The first-order valence-corrected chi connectivity index (χ1v) is 9.22. The van der Waals surface area contributed by atoms with Crippen LogP contribution in [-0.2, 0) is 9.53 Å². The third-order valence-electron chi connectivity index (χ3n) is 4.81. The lowest BCUT2D eigenvalue weighted by molar-refractivity contribution is -0.117. The standard InChI is InChI=1S/C18H28N6O3/c1-9-13-14(24(6)10(2)15(25)22-13)23-16(19-9)20-11-7-12(8-11)21-17(26)27-18(3,4)5/h10-12H,7-8H2,1-6H3,(H,21,26)(H,22,25)(H,19,20,23)/t10-,11?,12?/m0/s1. The van der Waals surface area contributed by atoms with E-state index in [0.717, 1.165) is 18.5 Å². The lowest BCUT2D eigenvalue weighted by atomic mass is 9.87. The molecule has 0 aromatic carbocycles. The van der Waals surface area contributed by atoms with Crippen LogP contribution in [0, 0.1) is 6.92 Å². The number of amides is 2. The number of rotatable bonds is 3. The molecule has 2 heterocycles. The van der Waals surface area contributed by atoms with Gasteiger partial charge < -0.3 is 25.6 Å². The minimum Gasteiger partial charge on any atom is -0.444 e. The van der Waals surface area contributed by atoms with Gasteiger partial charge in [0.25, 0.3) is 0 Å². The summed E-state index contributed by atoms with van der Waals surface area (Å²) in [5.41, 5.74) is 0.875. The van der Waals surface area contributed by atoms with Crippen LogP contribution in [0.1, 0.15) is 46.2 Å². The smallest absolute Gasteiger partial charge is 0.407 e. The number of hydrogen-bond acceptors (Lipinski definition) is 7. The Balaban J connectivity index is 1.58. The van der Waals surface area contributed by atoms with Gasteiger partial charge in [0, 0.05) is 19.1 Å². The lowest BCUT2D eigenvalue weighted by Gasteiger charge is -2.37. The van der Waals surface area contributed by atoms with Gasteiger partial charge in [-0.3, -0.25) is 4.79 Å². The molecule has 3 rings (SSSR count). The quantitative estimate of drug-likeness (QED) is 0.740. The fourth-order valence-corrected chi connectivity index (χ4v) is 3.12. The van der Waals surface area contributed by atoms with E-state index in [1.54, 1.807) is 0 Å². The summed E-state index contributed by atoms with van der Waals surface area (Å²) in [4.78, 5) is 34.7. The number of aromatic nitrogens is 2. The zero-order chi connectivity index (χ0) is 19.9.